The van der Waals surface area contributed by atoms with Crippen LogP contribution < -0.4 is 5.73 Å². The fourth-order valence-electron chi connectivity index (χ4n) is 2.39. The number of benzene rings is 2. The zero-order valence-corrected chi connectivity index (χ0v) is 11.4. The minimum atomic E-state index is -0.219. The van der Waals surface area contributed by atoms with Gasteiger partial charge in [0.05, 0.1) is 6.04 Å². The molecule has 0 amide bonds. The molecule has 0 spiro atoms. The Morgan fingerprint density at radius 2 is 1.89 bits per heavy atom. The molecular weight excluding hydrogens is 257 g/mol. The van der Waals surface area contributed by atoms with Crippen molar-refractivity contribution in [3.05, 3.63) is 70.4 Å². The van der Waals surface area contributed by atoms with Crippen LogP contribution in [-0.2, 0) is 0 Å². The van der Waals surface area contributed by atoms with E-state index in [4.69, 9.17) is 5.73 Å². The molecule has 1 heterocycles. The number of halogens is 1. The van der Waals surface area contributed by atoms with Crippen LogP contribution in [0.4, 0.5) is 4.39 Å². The molecule has 0 fully saturated rings. The standard InChI is InChI=1S/C16H14FNS/c1-10-8-11(17)6-7-12(10)16(18)14-9-19-15-5-3-2-4-13(14)15/h2-9,16H,18H2,1H3. The minimum Gasteiger partial charge on any atom is -0.320 e. The second-order valence-corrected chi connectivity index (χ2v) is 5.58. The Morgan fingerprint density at radius 3 is 2.68 bits per heavy atom. The number of thiophene rings is 1. The van der Waals surface area contributed by atoms with Crippen LogP contribution in [0.25, 0.3) is 10.1 Å². The van der Waals surface area contributed by atoms with Gasteiger partial charge in [0, 0.05) is 4.70 Å². The maximum absolute atomic E-state index is 13.2. The van der Waals surface area contributed by atoms with Crippen molar-refractivity contribution in [3.63, 3.8) is 0 Å². The fourth-order valence-corrected chi connectivity index (χ4v) is 3.39. The van der Waals surface area contributed by atoms with E-state index in [1.807, 2.05) is 19.1 Å². The Kier molecular flexibility index (Phi) is 3.09. The highest BCUT2D eigenvalue weighted by molar-refractivity contribution is 7.17. The normalized spacial score (nSPS) is 12.8. The maximum Gasteiger partial charge on any atom is 0.123 e. The lowest BCUT2D eigenvalue weighted by atomic mass is 9.95. The Hall–Kier alpha value is -1.71. The number of nitrogens with two attached hydrogens (primary N) is 1. The Bertz CT molecular complexity index is 732. The first kappa shape index (κ1) is 12.3. The minimum absolute atomic E-state index is 0.211. The molecule has 0 aliphatic rings. The zero-order chi connectivity index (χ0) is 13.4. The summed E-state index contributed by atoms with van der Waals surface area (Å²) in [5, 5.41) is 3.28. The van der Waals surface area contributed by atoms with E-state index in [1.54, 1.807) is 17.4 Å². The molecule has 0 bridgehead atoms. The summed E-state index contributed by atoms with van der Waals surface area (Å²) in [5.41, 5.74) is 9.34. The molecule has 0 aliphatic carbocycles. The Balaban J connectivity index is 2.10. The summed E-state index contributed by atoms with van der Waals surface area (Å²) in [5.74, 6) is -0.219. The predicted octanol–water partition coefficient (Wildman–Crippen LogP) is 4.40. The number of hydrogen-bond donors (Lipinski definition) is 1. The number of aryl methyl sites for hydroxylation is 1. The van der Waals surface area contributed by atoms with E-state index >= 15 is 0 Å². The van der Waals surface area contributed by atoms with Gasteiger partial charge in [-0.3, -0.25) is 0 Å². The van der Waals surface area contributed by atoms with Crippen LogP contribution >= 0.6 is 11.3 Å². The van der Waals surface area contributed by atoms with Crippen molar-refractivity contribution in [1.29, 1.82) is 0 Å². The van der Waals surface area contributed by atoms with Crippen molar-refractivity contribution in [3.8, 4) is 0 Å². The maximum atomic E-state index is 13.2. The molecule has 0 radical (unpaired) electrons. The number of rotatable bonds is 2. The van der Waals surface area contributed by atoms with Crippen molar-refractivity contribution in [2.75, 3.05) is 0 Å². The topological polar surface area (TPSA) is 26.0 Å². The SMILES string of the molecule is Cc1cc(F)ccc1C(N)c1csc2ccccc12. The van der Waals surface area contributed by atoms with Gasteiger partial charge in [0.25, 0.3) is 0 Å². The Labute approximate surface area is 115 Å². The van der Waals surface area contributed by atoms with Crippen molar-refractivity contribution >= 4 is 21.4 Å². The molecule has 96 valence electrons. The largest absolute Gasteiger partial charge is 0.320 e. The summed E-state index contributed by atoms with van der Waals surface area (Å²) in [4.78, 5) is 0. The van der Waals surface area contributed by atoms with Crippen molar-refractivity contribution in [2.45, 2.75) is 13.0 Å². The van der Waals surface area contributed by atoms with Crippen LogP contribution in [0, 0.1) is 12.7 Å². The van der Waals surface area contributed by atoms with Gasteiger partial charge in [0.15, 0.2) is 0 Å². The first-order chi connectivity index (χ1) is 9.16. The zero-order valence-electron chi connectivity index (χ0n) is 10.6. The third-order valence-electron chi connectivity index (χ3n) is 3.41. The predicted molar refractivity (Wildman–Crippen MR) is 79.0 cm³/mol. The Morgan fingerprint density at radius 1 is 1.11 bits per heavy atom. The highest BCUT2D eigenvalue weighted by Crippen LogP contribution is 2.33. The van der Waals surface area contributed by atoms with E-state index in [-0.39, 0.29) is 11.9 Å². The van der Waals surface area contributed by atoms with Crippen molar-refractivity contribution < 1.29 is 4.39 Å². The second-order valence-electron chi connectivity index (χ2n) is 4.67. The van der Waals surface area contributed by atoms with Gasteiger partial charge in [-0.05, 0) is 52.6 Å². The average molecular weight is 271 g/mol. The first-order valence-corrected chi connectivity index (χ1v) is 7.02. The van der Waals surface area contributed by atoms with Crippen LogP contribution in [0.1, 0.15) is 22.7 Å². The van der Waals surface area contributed by atoms with Gasteiger partial charge in [-0.15, -0.1) is 11.3 Å². The molecular formula is C16H14FNS. The van der Waals surface area contributed by atoms with Gasteiger partial charge in [-0.25, -0.2) is 4.39 Å². The summed E-state index contributed by atoms with van der Waals surface area (Å²) < 4.78 is 14.4. The van der Waals surface area contributed by atoms with E-state index < -0.39 is 0 Å². The summed E-state index contributed by atoms with van der Waals surface area (Å²) in [6.07, 6.45) is 0. The highest BCUT2D eigenvalue weighted by Gasteiger charge is 2.15. The second kappa shape index (κ2) is 4.76. The van der Waals surface area contributed by atoms with Crippen LogP contribution in [0.5, 0.6) is 0 Å². The van der Waals surface area contributed by atoms with Gasteiger partial charge in [0.1, 0.15) is 5.82 Å². The third-order valence-corrected chi connectivity index (χ3v) is 4.39. The molecule has 19 heavy (non-hydrogen) atoms. The number of fused-ring (bicyclic) bond motifs is 1. The molecule has 0 aliphatic heterocycles. The lowest BCUT2D eigenvalue weighted by Gasteiger charge is -2.14. The molecule has 3 rings (SSSR count). The number of hydrogen-bond acceptors (Lipinski definition) is 2. The quantitative estimate of drug-likeness (QED) is 0.734. The summed E-state index contributed by atoms with van der Waals surface area (Å²) in [7, 11) is 0. The van der Waals surface area contributed by atoms with Gasteiger partial charge >= 0.3 is 0 Å². The summed E-state index contributed by atoms with van der Waals surface area (Å²) >= 11 is 1.69. The molecule has 0 saturated heterocycles. The van der Waals surface area contributed by atoms with Gasteiger partial charge < -0.3 is 5.73 Å². The molecule has 1 nitrogen and oxygen atoms in total. The molecule has 1 aromatic heterocycles. The fraction of sp³-hybridized carbons (Fsp3) is 0.125. The summed E-state index contributed by atoms with van der Waals surface area (Å²) in [6, 6.07) is 12.8. The van der Waals surface area contributed by atoms with E-state index in [1.165, 1.54) is 22.2 Å². The average Bonchev–Trinajstić information content (AvgIpc) is 2.82. The molecule has 3 heteroatoms. The van der Waals surface area contributed by atoms with E-state index in [0.717, 1.165) is 16.7 Å². The monoisotopic (exact) mass is 271 g/mol. The van der Waals surface area contributed by atoms with Crippen LogP contribution in [0.15, 0.2) is 47.8 Å². The molecule has 2 aromatic carbocycles. The van der Waals surface area contributed by atoms with Crippen molar-refractivity contribution in [2.24, 2.45) is 5.73 Å². The summed E-state index contributed by atoms with van der Waals surface area (Å²) in [6.45, 7) is 1.90. The lowest BCUT2D eigenvalue weighted by Crippen LogP contribution is -2.12. The smallest absolute Gasteiger partial charge is 0.123 e. The molecule has 1 unspecified atom stereocenters. The highest BCUT2D eigenvalue weighted by atomic mass is 32.1. The van der Waals surface area contributed by atoms with Crippen LogP contribution in [0.2, 0.25) is 0 Å². The molecule has 2 N–H and O–H groups in total. The molecule has 1 atom stereocenters. The molecule has 3 aromatic rings. The molecule has 0 saturated carbocycles. The lowest BCUT2D eigenvalue weighted by molar-refractivity contribution is 0.625. The van der Waals surface area contributed by atoms with E-state index in [2.05, 4.69) is 17.5 Å². The van der Waals surface area contributed by atoms with Crippen LogP contribution in [0.3, 0.4) is 0 Å². The van der Waals surface area contributed by atoms with Gasteiger partial charge in [-0.2, -0.15) is 0 Å². The van der Waals surface area contributed by atoms with Crippen molar-refractivity contribution in [1.82, 2.24) is 0 Å². The van der Waals surface area contributed by atoms with E-state index in [9.17, 15) is 4.39 Å². The van der Waals surface area contributed by atoms with Crippen LogP contribution in [-0.4, -0.2) is 0 Å². The first-order valence-electron chi connectivity index (χ1n) is 6.14. The van der Waals surface area contributed by atoms with E-state index in [0.29, 0.717) is 0 Å². The van der Waals surface area contributed by atoms with Gasteiger partial charge in [0.2, 0.25) is 0 Å². The van der Waals surface area contributed by atoms with Gasteiger partial charge in [-0.1, -0.05) is 24.3 Å². The third kappa shape index (κ3) is 2.15.